The zero-order valence-corrected chi connectivity index (χ0v) is 11.3. The van der Waals surface area contributed by atoms with E-state index in [1.807, 2.05) is 25.1 Å². The average Bonchev–Trinajstić information content (AvgIpc) is 2.92. The smallest absolute Gasteiger partial charge is 0.255 e. The van der Waals surface area contributed by atoms with Gasteiger partial charge in [-0.25, -0.2) is 4.98 Å². The van der Waals surface area contributed by atoms with Crippen molar-refractivity contribution in [1.29, 1.82) is 0 Å². The van der Waals surface area contributed by atoms with E-state index in [4.69, 9.17) is 4.42 Å². The molecule has 1 amide bonds. The maximum absolute atomic E-state index is 13.4. The summed E-state index contributed by atoms with van der Waals surface area (Å²) in [5.41, 5.74) is -0.0653. The lowest BCUT2D eigenvalue weighted by atomic mass is 10.2. The Morgan fingerprint density at radius 3 is 2.85 bits per heavy atom. The third kappa shape index (κ3) is 3.21. The lowest BCUT2D eigenvalue weighted by Crippen LogP contribution is -2.34. The Hall–Kier alpha value is -2.21. The third-order valence-electron chi connectivity index (χ3n) is 2.95. The molecule has 2 aromatic rings. The summed E-state index contributed by atoms with van der Waals surface area (Å²) < 4.78 is 18.7. The summed E-state index contributed by atoms with van der Waals surface area (Å²) in [5, 5.41) is 2.69. The minimum absolute atomic E-state index is 0.0653. The molecule has 2 rings (SSSR count). The highest BCUT2D eigenvalue weighted by molar-refractivity contribution is 5.94. The van der Waals surface area contributed by atoms with E-state index in [-0.39, 0.29) is 11.6 Å². The number of nitrogens with one attached hydrogen (secondary N) is 1. The fraction of sp³-hybridized carbons (Fsp3) is 0.286. The Morgan fingerprint density at radius 2 is 2.25 bits per heavy atom. The van der Waals surface area contributed by atoms with Crippen LogP contribution >= 0.6 is 0 Å². The molecule has 0 fully saturated rings. The molecule has 2 heterocycles. The Balaban J connectivity index is 2.03. The Bertz CT molecular complexity index is 570. The molecule has 0 saturated carbocycles. The van der Waals surface area contributed by atoms with Gasteiger partial charge in [-0.3, -0.25) is 9.69 Å². The van der Waals surface area contributed by atoms with Crippen molar-refractivity contribution < 1.29 is 13.6 Å². The van der Waals surface area contributed by atoms with Crippen molar-refractivity contribution >= 4 is 5.91 Å². The van der Waals surface area contributed by atoms with Crippen molar-refractivity contribution in [3.8, 4) is 0 Å². The van der Waals surface area contributed by atoms with Crippen molar-refractivity contribution in [1.82, 2.24) is 15.2 Å². The standard InChI is InChI=1S/C14H16FN3O2/c1-18(2)11(12-6-4-8-20-12)9-17-14(19)10-5-3-7-16-13(10)15/h3-8,11H,9H2,1-2H3,(H,17,19). The molecule has 2 aromatic heterocycles. The normalized spacial score (nSPS) is 12.4. The van der Waals surface area contributed by atoms with Crippen LogP contribution in [0.5, 0.6) is 0 Å². The van der Waals surface area contributed by atoms with Crippen LogP contribution in [0.25, 0.3) is 0 Å². The van der Waals surface area contributed by atoms with Crippen molar-refractivity contribution in [2.24, 2.45) is 0 Å². The number of furan rings is 1. The van der Waals surface area contributed by atoms with Crippen LogP contribution < -0.4 is 5.32 Å². The van der Waals surface area contributed by atoms with Crippen molar-refractivity contribution in [2.75, 3.05) is 20.6 Å². The zero-order valence-electron chi connectivity index (χ0n) is 11.3. The van der Waals surface area contributed by atoms with Crippen LogP contribution in [0.4, 0.5) is 4.39 Å². The molecule has 0 aliphatic carbocycles. The molecule has 0 radical (unpaired) electrons. The molecule has 20 heavy (non-hydrogen) atoms. The van der Waals surface area contributed by atoms with Crippen LogP contribution in [0, 0.1) is 5.95 Å². The van der Waals surface area contributed by atoms with Crippen molar-refractivity contribution in [3.05, 3.63) is 54.0 Å². The van der Waals surface area contributed by atoms with E-state index in [0.717, 1.165) is 5.76 Å². The Morgan fingerprint density at radius 1 is 1.45 bits per heavy atom. The first-order chi connectivity index (χ1) is 9.59. The van der Waals surface area contributed by atoms with Gasteiger partial charge in [0, 0.05) is 12.7 Å². The van der Waals surface area contributed by atoms with E-state index < -0.39 is 11.9 Å². The Labute approximate surface area is 116 Å². The number of aromatic nitrogens is 1. The molecule has 0 aliphatic heterocycles. The first-order valence-corrected chi connectivity index (χ1v) is 6.18. The SMILES string of the molecule is CN(C)C(CNC(=O)c1cccnc1F)c1ccco1. The third-order valence-corrected chi connectivity index (χ3v) is 2.95. The van der Waals surface area contributed by atoms with E-state index in [9.17, 15) is 9.18 Å². The van der Waals surface area contributed by atoms with Crippen LogP contribution in [0.2, 0.25) is 0 Å². The highest BCUT2D eigenvalue weighted by Crippen LogP contribution is 2.17. The molecule has 106 valence electrons. The fourth-order valence-corrected chi connectivity index (χ4v) is 1.86. The molecule has 0 saturated heterocycles. The molecule has 1 unspecified atom stereocenters. The van der Waals surface area contributed by atoms with Crippen LogP contribution in [-0.4, -0.2) is 36.4 Å². The minimum atomic E-state index is -0.774. The molecular weight excluding hydrogens is 261 g/mol. The molecule has 1 atom stereocenters. The molecule has 0 aromatic carbocycles. The average molecular weight is 277 g/mol. The number of carbonyl (C=O) groups is 1. The Kier molecular flexibility index (Phi) is 4.47. The second-order valence-electron chi connectivity index (χ2n) is 4.55. The van der Waals surface area contributed by atoms with Gasteiger partial charge < -0.3 is 9.73 Å². The van der Waals surface area contributed by atoms with Crippen LogP contribution in [0.15, 0.2) is 41.1 Å². The van der Waals surface area contributed by atoms with Gasteiger partial charge in [0.05, 0.1) is 17.9 Å². The highest BCUT2D eigenvalue weighted by atomic mass is 19.1. The van der Waals surface area contributed by atoms with E-state index in [2.05, 4.69) is 10.3 Å². The first-order valence-electron chi connectivity index (χ1n) is 6.18. The number of amides is 1. The molecule has 1 N–H and O–H groups in total. The lowest BCUT2D eigenvalue weighted by molar-refractivity contribution is 0.0934. The maximum atomic E-state index is 13.4. The number of hydrogen-bond acceptors (Lipinski definition) is 4. The summed E-state index contributed by atoms with van der Waals surface area (Å²) in [6.07, 6.45) is 2.88. The van der Waals surface area contributed by atoms with Crippen LogP contribution in [-0.2, 0) is 0 Å². The number of pyridine rings is 1. The van der Waals surface area contributed by atoms with Gasteiger partial charge in [-0.2, -0.15) is 4.39 Å². The molecule has 5 nitrogen and oxygen atoms in total. The van der Waals surface area contributed by atoms with Crippen LogP contribution in [0.1, 0.15) is 22.2 Å². The van der Waals surface area contributed by atoms with Gasteiger partial charge >= 0.3 is 0 Å². The number of nitrogens with zero attached hydrogens (tertiary/aromatic N) is 2. The topological polar surface area (TPSA) is 58.4 Å². The molecule has 6 heteroatoms. The second-order valence-corrected chi connectivity index (χ2v) is 4.55. The predicted octanol–water partition coefficient (Wildman–Crippen LogP) is 1.85. The van der Waals surface area contributed by atoms with Gasteiger partial charge in [-0.05, 0) is 38.4 Å². The predicted molar refractivity (Wildman–Crippen MR) is 71.7 cm³/mol. The van der Waals surface area contributed by atoms with Gasteiger partial charge in [0.1, 0.15) is 5.76 Å². The van der Waals surface area contributed by atoms with Gasteiger partial charge in [0.2, 0.25) is 5.95 Å². The van der Waals surface area contributed by atoms with Gasteiger partial charge in [-0.1, -0.05) is 0 Å². The number of carbonyl (C=O) groups excluding carboxylic acids is 1. The highest BCUT2D eigenvalue weighted by Gasteiger charge is 2.19. The van der Waals surface area contributed by atoms with Gasteiger partial charge in [-0.15, -0.1) is 0 Å². The summed E-state index contributed by atoms with van der Waals surface area (Å²) in [6.45, 7) is 0.313. The number of halogens is 1. The molecule has 0 aliphatic rings. The van der Waals surface area contributed by atoms with E-state index >= 15 is 0 Å². The lowest BCUT2D eigenvalue weighted by Gasteiger charge is -2.22. The molecule has 0 spiro atoms. The van der Waals surface area contributed by atoms with E-state index in [0.29, 0.717) is 6.54 Å². The number of likely N-dealkylation sites (N-methyl/N-ethyl adjacent to an activating group) is 1. The first kappa shape index (κ1) is 14.2. The van der Waals surface area contributed by atoms with Crippen molar-refractivity contribution in [2.45, 2.75) is 6.04 Å². The molecular formula is C14H16FN3O2. The van der Waals surface area contributed by atoms with Gasteiger partial charge in [0.15, 0.2) is 0 Å². The largest absolute Gasteiger partial charge is 0.468 e. The maximum Gasteiger partial charge on any atom is 0.255 e. The van der Waals surface area contributed by atoms with Crippen LogP contribution in [0.3, 0.4) is 0 Å². The van der Waals surface area contributed by atoms with E-state index in [1.165, 1.54) is 18.3 Å². The quantitative estimate of drug-likeness (QED) is 0.847. The second kappa shape index (κ2) is 6.29. The monoisotopic (exact) mass is 277 g/mol. The summed E-state index contributed by atoms with van der Waals surface area (Å²) in [5.74, 6) is -0.527. The zero-order chi connectivity index (χ0) is 14.5. The summed E-state index contributed by atoms with van der Waals surface area (Å²) in [7, 11) is 3.76. The minimum Gasteiger partial charge on any atom is -0.468 e. The summed E-state index contributed by atoms with van der Waals surface area (Å²) in [6, 6.07) is 6.42. The fourth-order valence-electron chi connectivity index (χ4n) is 1.86. The summed E-state index contributed by atoms with van der Waals surface area (Å²) in [4.78, 5) is 17.3. The number of hydrogen-bond donors (Lipinski definition) is 1. The van der Waals surface area contributed by atoms with Crippen molar-refractivity contribution in [3.63, 3.8) is 0 Å². The van der Waals surface area contributed by atoms with E-state index in [1.54, 1.807) is 12.3 Å². The van der Waals surface area contributed by atoms with Gasteiger partial charge in [0.25, 0.3) is 5.91 Å². The molecule has 0 bridgehead atoms. The summed E-state index contributed by atoms with van der Waals surface area (Å²) >= 11 is 0. The number of rotatable bonds is 5.